The van der Waals surface area contributed by atoms with E-state index in [1.807, 2.05) is 35.8 Å². The molecule has 1 aromatic rings. The monoisotopic (exact) mass is 266 g/mol. The lowest BCUT2D eigenvalue weighted by molar-refractivity contribution is -0.137. The Balaban J connectivity index is 1.63. The first-order chi connectivity index (χ1) is 9.15. The molecule has 1 amide bonds. The molecule has 0 saturated carbocycles. The van der Waals surface area contributed by atoms with Crippen molar-refractivity contribution >= 4 is 5.91 Å². The number of ether oxygens (including phenoxy) is 1. The molecule has 1 aliphatic rings. The van der Waals surface area contributed by atoms with Gasteiger partial charge in [-0.05, 0) is 19.4 Å². The second kappa shape index (κ2) is 6.68. The fraction of sp³-hybridized carbons (Fsp3) is 0.692. The number of nitrogens with zero attached hydrogens (tertiary/aromatic N) is 3. The molecule has 1 N–H and O–H groups in total. The van der Waals surface area contributed by atoms with Crippen LogP contribution in [-0.4, -0.2) is 59.5 Å². The first-order valence-corrected chi connectivity index (χ1v) is 6.74. The fourth-order valence-electron chi connectivity index (χ4n) is 2.13. The summed E-state index contributed by atoms with van der Waals surface area (Å²) in [5.74, 6) is 0.145. The van der Waals surface area contributed by atoms with E-state index in [1.165, 1.54) is 0 Å². The van der Waals surface area contributed by atoms with Gasteiger partial charge in [0.05, 0.1) is 32.0 Å². The van der Waals surface area contributed by atoms with Crippen LogP contribution in [0.1, 0.15) is 12.5 Å². The van der Waals surface area contributed by atoms with E-state index in [-0.39, 0.29) is 12.0 Å². The summed E-state index contributed by atoms with van der Waals surface area (Å²) in [5, 5.41) is 7.36. The fourth-order valence-corrected chi connectivity index (χ4v) is 2.13. The molecule has 19 heavy (non-hydrogen) atoms. The molecule has 2 heterocycles. The van der Waals surface area contributed by atoms with Crippen molar-refractivity contribution < 1.29 is 9.53 Å². The van der Waals surface area contributed by atoms with Crippen LogP contribution in [0.4, 0.5) is 0 Å². The van der Waals surface area contributed by atoms with Gasteiger partial charge in [0.2, 0.25) is 5.91 Å². The molecule has 0 spiro atoms. The van der Waals surface area contributed by atoms with Gasteiger partial charge in [0.25, 0.3) is 0 Å². The van der Waals surface area contributed by atoms with Crippen molar-refractivity contribution in [3.8, 4) is 0 Å². The topological polar surface area (TPSA) is 59.4 Å². The molecule has 1 aromatic heterocycles. The second-order valence-corrected chi connectivity index (χ2v) is 4.98. The molecular formula is C13H22N4O2. The van der Waals surface area contributed by atoms with Crippen LogP contribution in [0.2, 0.25) is 0 Å². The number of morpholine rings is 1. The summed E-state index contributed by atoms with van der Waals surface area (Å²) in [5.41, 5.74) is 1.15. The summed E-state index contributed by atoms with van der Waals surface area (Å²) >= 11 is 0. The molecule has 106 valence electrons. The van der Waals surface area contributed by atoms with E-state index in [0.717, 1.165) is 18.7 Å². The van der Waals surface area contributed by atoms with Gasteiger partial charge in [0, 0.05) is 25.8 Å². The molecule has 0 aliphatic carbocycles. The van der Waals surface area contributed by atoms with E-state index in [1.54, 1.807) is 0 Å². The van der Waals surface area contributed by atoms with E-state index >= 15 is 0 Å². The van der Waals surface area contributed by atoms with Crippen molar-refractivity contribution in [3.05, 3.63) is 18.0 Å². The van der Waals surface area contributed by atoms with Crippen LogP contribution in [0.5, 0.6) is 0 Å². The highest BCUT2D eigenvalue weighted by Gasteiger charge is 2.20. The van der Waals surface area contributed by atoms with Gasteiger partial charge in [-0.3, -0.25) is 9.48 Å². The predicted molar refractivity (Wildman–Crippen MR) is 71.8 cm³/mol. The highest BCUT2D eigenvalue weighted by Crippen LogP contribution is 2.03. The number of hydrogen-bond donors (Lipinski definition) is 1. The molecule has 1 fully saturated rings. The van der Waals surface area contributed by atoms with Crippen LogP contribution >= 0.6 is 0 Å². The summed E-state index contributed by atoms with van der Waals surface area (Å²) in [4.78, 5) is 13.8. The van der Waals surface area contributed by atoms with Crippen molar-refractivity contribution in [2.75, 3.05) is 32.8 Å². The Kier molecular flexibility index (Phi) is 4.93. The Morgan fingerprint density at radius 3 is 3.16 bits per heavy atom. The van der Waals surface area contributed by atoms with Crippen molar-refractivity contribution in [2.45, 2.75) is 26.5 Å². The zero-order chi connectivity index (χ0) is 13.7. The smallest absolute Gasteiger partial charge is 0.236 e. The van der Waals surface area contributed by atoms with Crippen LogP contribution in [0.25, 0.3) is 0 Å². The highest BCUT2D eigenvalue weighted by molar-refractivity contribution is 5.78. The van der Waals surface area contributed by atoms with Crippen molar-refractivity contribution in [2.24, 2.45) is 0 Å². The Hall–Kier alpha value is -1.40. The van der Waals surface area contributed by atoms with Gasteiger partial charge >= 0.3 is 0 Å². The van der Waals surface area contributed by atoms with E-state index in [9.17, 15) is 4.79 Å². The molecule has 0 unspecified atom stereocenters. The highest BCUT2D eigenvalue weighted by atomic mass is 16.5. The van der Waals surface area contributed by atoms with Crippen molar-refractivity contribution in [3.63, 3.8) is 0 Å². The molecule has 1 aliphatic heterocycles. The number of carbonyl (C=O) groups is 1. The Labute approximate surface area is 113 Å². The van der Waals surface area contributed by atoms with Crippen LogP contribution < -0.4 is 5.32 Å². The molecule has 6 heteroatoms. The van der Waals surface area contributed by atoms with Crippen LogP contribution in [-0.2, 0) is 16.1 Å². The maximum absolute atomic E-state index is 11.9. The zero-order valence-corrected chi connectivity index (χ0v) is 11.6. The van der Waals surface area contributed by atoms with Gasteiger partial charge in [-0.15, -0.1) is 0 Å². The van der Waals surface area contributed by atoms with Gasteiger partial charge in [0.1, 0.15) is 0 Å². The molecule has 0 radical (unpaired) electrons. The van der Waals surface area contributed by atoms with Gasteiger partial charge in [-0.25, -0.2) is 0 Å². The summed E-state index contributed by atoms with van der Waals surface area (Å²) < 4.78 is 7.30. The second-order valence-electron chi connectivity index (χ2n) is 4.98. The predicted octanol–water partition coefficient (Wildman–Crippen LogP) is 0.0284. The standard InChI is InChI=1S/C13H22N4O2/c1-11-7-15-17(9-11)4-3-14-8-13(18)16-5-6-19-12(2)10-16/h7,9,12,14H,3-6,8,10H2,1-2H3/t12-/m1/s1. The number of aromatic nitrogens is 2. The lowest BCUT2D eigenvalue weighted by Crippen LogP contribution is -2.47. The van der Waals surface area contributed by atoms with Gasteiger partial charge in [-0.1, -0.05) is 0 Å². The van der Waals surface area contributed by atoms with Crippen LogP contribution in [0.15, 0.2) is 12.4 Å². The Bertz CT molecular complexity index is 419. The maximum Gasteiger partial charge on any atom is 0.236 e. The van der Waals surface area contributed by atoms with E-state index in [0.29, 0.717) is 26.2 Å². The third kappa shape index (κ3) is 4.33. The molecule has 2 rings (SSSR count). The number of aryl methyl sites for hydroxylation is 1. The molecule has 0 aromatic carbocycles. The van der Waals surface area contributed by atoms with Crippen LogP contribution in [0.3, 0.4) is 0 Å². The van der Waals surface area contributed by atoms with E-state index < -0.39 is 0 Å². The van der Waals surface area contributed by atoms with E-state index in [4.69, 9.17) is 4.74 Å². The third-order valence-electron chi connectivity index (χ3n) is 3.15. The molecule has 0 bridgehead atoms. The molecule has 1 atom stereocenters. The first kappa shape index (κ1) is 14.0. The minimum Gasteiger partial charge on any atom is -0.375 e. The van der Waals surface area contributed by atoms with Gasteiger partial charge in [-0.2, -0.15) is 5.10 Å². The zero-order valence-electron chi connectivity index (χ0n) is 11.6. The third-order valence-corrected chi connectivity index (χ3v) is 3.15. The number of hydrogen-bond acceptors (Lipinski definition) is 4. The largest absolute Gasteiger partial charge is 0.375 e. The van der Waals surface area contributed by atoms with E-state index in [2.05, 4.69) is 10.4 Å². The number of rotatable bonds is 5. The quantitative estimate of drug-likeness (QED) is 0.764. The first-order valence-electron chi connectivity index (χ1n) is 6.74. The summed E-state index contributed by atoms with van der Waals surface area (Å²) in [6.45, 7) is 7.94. The van der Waals surface area contributed by atoms with Gasteiger partial charge in [0.15, 0.2) is 0 Å². The molecule has 1 saturated heterocycles. The Morgan fingerprint density at radius 1 is 1.63 bits per heavy atom. The maximum atomic E-state index is 11.9. The average molecular weight is 266 g/mol. The summed E-state index contributed by atoms with van der Waals surface area (Å²) in [7, 11) is 0. The molecule has 6 nitrogen and oxygen atoms in total. The van der Waals surface area contributed by atoms with Crippen molar-refractivity contribution in [1.82, 2.24) is 20.0 Å². The lowest BCUT2D eigenvalue weighted by atomic mass is 10.3. The number of amides is 1. The normalized spacial score (nSPS) is 19.7. The Morgan fingerprint density at radius 2 is 2.47 bits per heavy atom. The molecular weight excluding hydrogens is 244 g/mol. The number of carbonyl (C=O) groups excluding carboxylic acids is 1. The average Bonchev–Trinajstić information content (AvgIpc) is 2.80. The summed E-state index contributed by atoms with van der Waals surface area (Å²) in [6.07, 6.45) is 3.97. The SMILES string of the molecule is Cc1cnn(CCNCC(=O)N2CCO[C@H](C)C2)c1. The number of nitrogens with one attached hydrogen (secondary N) is 1. The lowest BCUT2D eigenvalue weighted by Gasteiger charge is -2.31. The minimum atomic E-state index is 0.143. The minimum absolute atomic E-state index is 0.143. The van der Waals surface area contributed by atoms with Gasteiger partial charge < -0.3 is 15.0 Å². The van der Waals surface area contributed by atoms with Crippen molar-refractivity contribution in [1.29, 1.82) is 0 Å². The van der Waals surface area contributed by atoms with Crippen LogP contribution in [0, 0.1) is 6.92 Å². The summed E-state index contributed by atoms with van der Waals surface area (Å²) in [6, 6.07) is 0.